The van der Waals surface area contributed by atoms with Crippen molar-refractivity contribution in [2.75, 3.05) is 59.0 Å². The fourth-order valence-electron chi connectivity index (χ4n) is 7.94. The SMILES string of the molecule is CC(=O)N1CCC(N2C[C@@H]3C[C@H]2C(=O)N2CCN(C(=O)C4CCOCC4)[C@@H](C2)C(=O)NC[C@H]2O[C@@H](CC(=O)N3)[C@H](O)[C@@H]2O)CC1. The van der Waals surface area contributed by atoms with E-state index in [1.54, 1.807) is 21.6 Å². The van der Waals surface area contributed by atoms with Crippen molar-refractivity contribution in [3.63, 3.8) is 0 Å². The molecule has 0 aliphatic carbocycles. The Hall–Kier alpha value is -2.85. The van der Waals surface area contributed by atoms with Crippen LogP contribution in [-0.2, 0) is 33.4 Å². The summed E-state index contributed by atoms with van der Waals surface area (Å²) in [6.45, 7) is 4.50. The molecule has 0 unspecified atom stereocenters. The molecule has 4 N–H and O–H groups in total. The van der Waals surface area contributed by atoms with Gasteiger partial charge in [-0.15, -0.1) is 0 Å². The summed E-state index contributed by atoms with van der Waals surface area (Å²) in [6, 6.07) is -1.78. The van der Waals surface area contributed by atoms with Crippen molar-refractivity contribution in [2.45, 2.75) is 94.0 Å². The van der Waals surface area contributed by atoms with Crippen LogP contribution in [0.1, 0.15) is 45.4 Å². The monoisotopic (exact) mass is 634 g/mol. The molecule has 0 aromatic rings. The number of fused-ring (bicyclic) bond motifs is 6. The summed E-state index contributed by atoms with van der Waals surface area (Å²) < 4.78 is 11.3. The molecule has 45 heavy (non-hydrogen) atoms. The lowest BCUT2D eigenvalue weighted by Crippen LogP contribution is -2.64. The quantitative estimate of drug-likeness (QED) is 0.245. The second kappa shape index (κ2) is 13.5. The standard InChI is InChI=1S/C30H46N6O9/c1-17(37)33-6-2-20(3-7-33)36-15-19-12-21(36)30(43)34-8-9-35(29(42)18-4-10-44-11-5-18)22(16-34)28(41)31-14-24-27(40)26(39)23(45-24)13-25(38)32-19/h18-24,26-27,39-40H,2-16H2,1H3,(H,31,41)(H,32,38)/t19-,21-,22-,23-,24+,26-,27+/m0/s1. The smallest absolute Gasteiger partial charge is 0.244 e. The van der Waals surface area contributed by atoms with E-state index in [0.29, 0.717) is 65.0 Å². The number of nitrogens with zero attached hydrogens (tertiary/aromatic N) is 4. The number of aliphatic hydroxyl groups is 2. The van der Waals surface area contributed by atoms with Crippen molar-refractivity contribution in [1.82, 2.24) is 30.2 Å². The molecule has 15 nitrogen and oxygen atoms in total. The minimum absolute atomic E-state index is 0.0170. The number of nitrogens with one attached hydrogen (secondary N) is 2. The van der Waals surface area contributed by atoms with Crippen molar-refractivity contribution in [2.24, 2.45) is 5.92 Å². The molecule has 6 bridgehead atoms. The number of hydrogen-bond acceptors (Lipinski definition) is 10. The summed E-state index contributed by atoms with van der Waals surface area (Å²) in [6.07, 6.45) is -1.80. The van der Waals surface area contributed by atoms with Gasteiger partial charge in [-0.2, -0.15) is 0 Å². The third kappa shape index (κ3) is 6.68. The molecule has 6 rings (SSSR count). The molecule has 6 saturated heterocycles. The first-order valence-electron chi connectivity index (χ1n) is 16.4. The maximum absolute atomic E-state index is 14.3. The average Bonchev–Trinajstić information content (AvgIpc) is 3.58. The van der Waals surface area contributed by atoms with Crippen LogP contribution in [0, 0.1) is 5.92 Å². The Kier molecular flexibility index (Phi) is 9.62. The third-order valence-electron chi connectivity index (χ3n) is 10.5. The molecule has 0 spiro atoms. The first-order chi connectivity index (χ1) is 21.6. The number of piperidine rings is 1. The normalized spacial score (nSPS) is 36.2. The number of ether oxygens (including phenoxy) is 2. The van der Waals surface area contributed by atoms with Gasteiger partial charge in [0.05, 0.1) is 25.1 Å². The van der Waals surface area contributed by atoms with E-state index in [1.165, 1.54) is 0 Å². The Balaban J connectivity index is 1.26. The molecule has 0 aromatic carbocycles. The lowest BCUT2D eigenvalue weighted by Gasteiger charge is -2.44. The lowest BCUT2D eigenvalue weighted by atomic mass is 9.96. The zero-order chi connectivity index (χ0) is 31.8. The molecule has 0 radical (unpaired) electrons. The molecule has 250 valence electrons. The second-order valence-electron chi connectivity index (χ2n) is 13.3. The minimum Gasteiger partial charge on any atom is -0.388 e. The minimum atomic E-state index is -1.31. The molecule has 6 aliphatic rings. The summed E-state index contributed by atoms with van der Waals surface area (Å²) in [4.78, 5) is 73.9. The average molecular weight is 635 g/mol. The highest BCUT2D eigenvalue weighted by atomic mass is 16.5. The van der Waals surface area contributed by atoms with Gasteiger partial charge < -0.3 is 45.0 Å². The van der Waals surface area contributed by atoms with Crippen molar-refractivity contribution in [1.29, 1.82) is 0 Å². The zero-order valence-electron chi connectivity index (χ0n) is 25.8. The highest BCUT2D eigenvalue weighted by Crippen LogP contribution is 2.30. The van der Waals surface area contributed by atoms with Gasteiger partial charge in [-0.3, -0.25) is 28.9 Å². The van der Waals surface area contributed by atoms with Crippen LogP contribution in [0.4, 0.5) is 0 Å². The number of carbonyl (C=O) groups is 5. The highest BCUT2D eigenvalue weighted by molar-refractivity contribution is 5.91. The second-order valence-corrected chi connectivity index (χ2v) is 13.3. The van der Waals surface area contributed by atoms with Crippen LogP contribution in [0.25, 0.3) is 0 Å². The molecule has 0 saturated carbocycles. The Bertz CT molecular complexity index is 1160. The number of amides is 5. The molecular formula is C30H46N6O9. The fourth-order valence-corrected chi connectivity index (χ4v) is 7.94. The van der Waals surface area contributed by atoms with Gasteiger partial charge in [-0.25, -0.2) is 0 Å². The predicted molar refractivity (Wildman–Crippen MR) is 156 cm³/mol. The number of rotatable bonds is 2. The zero-order valence-corrected chi connectivity index (χ0v) is 25.8. The molecule has 15 heteroatoms. The van der Waals surface area contributed by atoms with Gasteiger partial charge in [-0.05, 0) is 32.1 Å². The number of piperazine rings is 1. The summed E-state index contributed by atoms with van der Waals surface area (Å²) in [5.74, 6) is -1.34. The predicted octanol–water partition coefficient (Wildman–Crippen LogP) is -2.97. The summed E-state index contributed by atoms with van der Waals surface area (Å²) >= 11 is 0. The van der Waals surface area contributed by atoms with Crippen molar-refractivity contribution in [3.8, 4) is 0 Å². The van der Waals surface area contributed by atoms with Crippen LogP contribution >= 0.6 is 0 Å². The maximum atomic E-state index is 14.3. The lowest BCUT2D eigenvalue weighted by molar-refractivity contribution is -0.154. The van der Waals surface area contributed by atoms with Crippen molar-refractivity contribution >= 4 is 29.5 Å². The molecule has 6 fully saturated rings. The summed E-state index contributed by atoms with van der Waals surface area (Å²) in [5, 5.41) is 27.1. The van der Waals surface area contributed by atoms with E-state index in [4.69, 9.17) is 9.47 Å². The van der Waals surface area contributed by atoms with Crippen molar-refractivity contribution < 1.29 is 43.7 Å². The fraction of sp³-hybridized carbons (Fsp3) is 0.833. The van der Waals surface area contributed by atoms with E-state index in [2.05, 4.69) is 15.5 Å². The van der Waals surface area contributed by atoms with Gasteiger partial charge in [0, 0.05) is 77.4 Å². The van der Waals surface area contributed by atoms with Crippen LogP contribution in [0.3, 0.4) is 0 Å². The van der Waals surface area contributed by atoms with Gasteiger partial charge in [0.15, 0.2) is 0 Å². The number of likely N-dealkylation sites (tertiary alicyclic amines) is 2. The van der Waals surface area contributed by atoms with E-state index in [-0.39, 0.29) is 74.2 Å². The van der Waals surface area contributed by atoms with Crippen LogP contribution < -0.4 is 10.6 Å². The van der Waals surface area contributed by atoms with Gasteiger partial charge in [-0.1, -0.05) is 0 Å². The highest BCUT2D eigenvalue weighted by Gasteiger charge is 2.48. The molecule has 6 heterocycles. The van der Waals surface area contributed by atoms with Crippen molar-refractivity contribution in [3.05, 3.63) is 0 Å². The van der Waals surface area contributed by atoms with Crippen LogP contribution in [0.15, 0.2) is 0 Å². The number of aliphatic hydroxyl groups excluding tert-OH is 2. The molecular weight excluding hydrogens is 588 g/mol. The van der Waals surface area contributed by atoms with E-state index in [1.807, 2.05) is 0 Å². The van der Waals surface area contributed by atoms with E-state index < -0.39 is 42.4 Å². The maximum Gasteiger partial charge on any atom is 0.244 e. The Morgan fingerprint density at radius 1 is 0.889 bits per heavy atom. The van der Waals surface area contributed by atoms with Crippen LogP contribution in [-0.4, -0.2) is 167 Å². The Morgan fingerprint density at radius 2 is 1.60 bits per heavy atom. The molecule has 7 atom stereocenters. The van der Waals surface area contributed by atoms with Crippen LogP contribution in [0.5, 0.6) is 0 Å². The molecule has 5 amide bonds. The van der Waals surface area contributed by atoms with Gasteiger partial charge in [0.2, 0.25) is 29.5 Å². The third-order valence-corrected chi connectivity index (χ3v) is 10.5. The molecule has 0 aromatic heterocycles. The Morgan fingerprint density at radius 3 is 2.31 bits per heavy atom. The first-order valence-corrected chi connectivity index (χ1v) is 16.4. The van der Waals surface area contributed by atoms with E-state index >= 15 is 0 Å². The van der Waals surface area contributed by atoms with Gasteiger partial charge >= 0.3 is 0 Å². The van der Waals surface area contributed by atoms with E-state index in [0.717, 1.165) is 0 Å². The van der Waals surface area contributed by atoms with Gasteiger partial charge in [0.1, 0.15) is 24.4 Å². The molecule has 6 aliphatic heterocycles. The largest absolute Gasteiger partial charge is 0.388 e. The van der Waals surface area contributed by atoms with Crippen LogP contribution in [0.2, 0.25) is 0 Å². The topological polar surface area (TPSA) is 181 Å². The van der Waals surface area contributed by atoms with Gasteiger partial charge in [0.25, 0.3) is 0 Å². The summed E-state index contributed by atoms with van der Waals surface area (Å²) in [5.41, 5.74) is 0. The Labute approximate surface area is 262 Å². The number of carbonyl (C=O) groups excluding carboxylic acids is 5. The van der Waals surface area contributed by atoms with E-state index in [9.17, 15) is 34.2 Å². The first kappa shape index (κ1) is 32.1. The summed E-state index contributed by atoms with van der Waals surface area (Å²) in [7, 11) is 0. The number of hydrogen-bond donors (Lipinski definition) is 4.